The lowest BCUT2D eigenvalue weighted by molar-refractivity contribution is -0.140. The number of fused-ring (bicyclic) bond motifs is 1. The predicted molar refractivity (Wildman–Crippen MR) is 85.2 cm³/mol. The Morgan fingerprint density at radius 2 is 2.13 bits per heavy atom. The largest absolute Gasteiger partial charge is 0.342 e. The molecule has 0 N–H and O–H groups in total. The number of carbonyl (C=O) groups excluding carboxylic acids is 2. The molecule has 0 spiro atoms. The van der Waals surface area contributed by atoms with Crippen LogP contribution in [0.5, 0.6) is 0 Å². The maximum absolute atomic E-state index is 12.8. The fourth-order valence-corrected chi connectivity index (χ4v) is 3.88. The number of hydrogen-bond acceptors (Lipinski definition) is 3. The molecule has 2 aliphatic heterocycles. The number of nitrogens with zero attached hydrogens (tertiary/aromatic N) is 3. The Labute approximate surface area is 136 Å². The molecule has 2 saturated heterocycles. The number of hydrogen-bond donors (Lipinski definition) is 0. The van der Waals surface area contributed by atoms with Crippen LogP contribution in [0.2, 0.25) is 0 Å². The normalized spacial score (nSPS) is 27.2. The van der Waals surface area contributed by atoms with E-state index in [0.717, 1.165) is 25.1 Å². The van der Waals surface area contributed by atoms with E-state index in [-0.39, 0.29) is 17.7 Å². The van der Waals surface area contributed by atoms with E-state index in [2.05, 4.69) is 4.98 Å². The Kier molecular flexibility index (Phi) is 3.79. The average Bonchev–Trinajstić information content (AvgIpc) is 3.26. The Morgan fingerprint density at radius 1 is 1.26 bits per heavy atom. The molecular formula is C18H23N3O2. The van der Waals surface area contributed by atoms with Gasteiger partial charge in [0.25, 0.3) is 0 Å². The molecule has 2 amide bonds. The van der Waals surface area contributed by atoms with Crippen molar-refractivity contribution in [2.45, 2.75) is 32.2 Å². The predicted octanol–water partition coefficient (Wildman–Crippen LogP) is 1.69. The number of carbonyl (C=O) groups is 2. The van der Waals surface area contributed by atoms with Crippen molar-refractivity contribution in [3.8, 4) is 0 Å². The monoisotopic (exact) mass is 313 g/mol. The number of pyridine rings is 1. The SMILES string of the molecule is O=C(CC1CC1)N1CC2CCN(Cc3cccnc3)C(=O)C2C1. The van der Waals surface area contributed by atoms with Gasteiger partial charge in [-0.25, -0.2) is 0 Å². The molecule has 122 valence electrons. The van der Waals surface area contributed by atoms with E-state index in [9.17, 15) is 9.59 Å². The lowest BCUT2D eigenvalue weighted by Crippen LogP contribution is -2.44. The van der Waals surface area contributed by atoms with Gasteiger partial charge in [0.15, 0.2) is 0 Å². The van der Waals surface area contributed by atoms with Crippen molar-refractivity contribution >= 4 is 11.8 Å². The van der Waals surface area contributed by atoms with Crippen molar-refractivity contribution in [2.24, 2.45) is 17.8 Å². The Balaban J connectivity index is 1.39. The van der Waals surface area contributed by atoms with E-state index in [1.165, 1.54) is 12.8 Å². The van der Waals surface area contributed by atoms with Crippen molar-refractivity contribution in [3.63, 3.8) is 0 Å². The first-order valence-electron chi connectivity index (χ1n) is 8.66. The number of rotatable bonds is 4. The second-order valence-corrected chi connectivity index (χ2v) is 7.22. The Bertz CT molecular complexity index is 600. The molecule has 1 saturated carbocycles. The van der Waals surface area contributed by atoms with Crippen LogP contribution in [0.4, 0.5) is 0 Å². The van der Waals surface area contributed by atoms with Crippen LogP contribution in [-0.2, 0) is 16.1 Å². The fraction of sp³-hybridized carbons (Fsp3) is 0.611. The molecule has 0 radical (unpaired) electrons. The van der Waals surface area contributed by atoms with Crippen LogP contribution in [0.15, 0.2) is 24.5 Å². The Hall–Kier alpha value is -1.91. The first-order chi connectivity index (χ1) is 11.2. The van der Waals surface area contributed by atoms with Gasteiger partial charge in [-0.3, -0.25) is 14.6 Å². The lowest BCUT2D eigenvalue weighted by Gasteiger charge is -2.33. The number of aromatic nitrogens is 1. The zero-order valence-electron chi connectivity index (χ0n) is 13.4. The standard InChI is InChI=1S/C18H23N3O2/c22-17(8-13-3-4-13)21-11-15-5-7-20(18(23)16(15)12-21)10-14-2-1-6-19-9-14/h1-2,6,9,13,15-16H,3-5,7-8,10-12H2. The van der Waals surface area contributed by atoms with Gasteiger partial charge in [-0.05, 0) is 42.7 Å². The van der Waals surface area contributed by atoms with Gasteiger partial charge in [-0.2, -0.15) is 0 Å². The highest BCUT2D eigenvalue weighted by molar-refractivity contribution is 5.83. The molecule has 1 aliphatic carbocycles. The maximum atomic E-state index is 12.8. The summed E-state index contributed by atoms with van der Waals surface area (Å²) in [5, 5.41) is 0. The molecule has 3 aliphatic rings. The molecule has 3 fully saturated rings. The van der Waals surface area contributed by atoms with Gasteiger partial charge >= 0.3 is 0 Å². The molecule has 3 heterocycles. The third kappa shape index (κ3) is 3.09. The average molecular weight is 313 g/mol. The smallest absolute Gasteiger partial charge is 0.228 e. The first-order valence-corrected chi connectivity index (χ1v) is 8.66. The maximum Gasteiger partial charge on any atom is 0.228 e. The minimum atomic E-state index is 0.00331. The van der Waals surface area contributed by atoms with Crippen LogP contribution < -0.4 is 0 Å². The van der Waals surface area contributed by atoms with Gasteiger partial charge in [0.1, 0.15) is 0 Å². The summed E-state index contributed by atoms with van der Waals surface area (Å²) in [4.78, 5) is 33.1. The minimum Gasteiger partial charge on any atom is -0.342 e. The van der Waals surface area contributed by atoms with Crippen molar-refractivity contribution < 1.29 is 9.59 Å². The van der Waals surface area contributed by atoms with E-state index >= 15 is 0 Å². The molecule has 5 heteroatoms. The third-order valence-corrected chi connectivity index (χ3v) is 5.45. The van der Waals surface area contributed by atoms with Gasteiger partial charge in [0.2, 0.25) is 11.8 Å². The summed E-state index contributed by atoms with van der Waals surface area (Å²) in [5.41, 5.74) is 1.07. The van der Waals surface area contributed by atoms with Crippen LogP contribution in [0.25, 0.3) is 0 Å². The quantitative estimate of drug-likeness (QED) is 0.850. The zero-order valence-corrected chi connectivity index (χ0v) is 13.4. The van der Waals surface area contributed by atoms with Gasteiger partial charge in [-0.15, -0.1) is 0 Å². The number of likely N-dealkylation sites (tertiary alicyclic amines) is 2. The van der Waals surface area contributed by atoms with Crippen LogP contribution >= 0.6 is 0 Å². The van der Waals surface area contributed by atoms with Gasteiger partial charge in [0.05, 0.1) is 5.92 Å². The van der Waals surface area contributed by atoms with Gasteiger partial charge in [-0.1, -0.05) is 6.07 Å². The molecule has 0 bridgehead atoms. The van der Waals surface area contributed by atoms with E-state index in [4.69, 9.17) is 0 Å². The second-order valence-electron chi connectivity index (χ2n) is 7.22. The molecule has 4 rings (SSSR count). The molecule has 2 unspecified atom stereocenters. The highest BCUT2D eigenvalue weighted by Crippen LogP contribution is 2.36. The summed E-state index contributed by atoms with van der Waals surface area (Å²) in [6.07, 6.45) is 7.66. The molecule has 1 aromatic heterocycles. The highest BCUT2D eigenvalue weighted by atomic mass is 16.2. The molecular weight excluding hydrogens is 290 g/mol. The van der Waals surface area contributed by atoms with E-state index in [1.807, 2.05) is 28.1 Å². The second kappa shape index (κ2) is 5.95. The summed E-state index contributed by atoms with van der Waals surface area (Å²) < 4.78 is 0. The van der Waals surface area contributed by atoms with Crippen molar-refractivity contribution in [1.82, 2.24) is 14.8 Å². The summed E-state index contributed by atoms with van der Waals surface area (Å²) in [7, 11) is 0. The highest BCUT2D eigenvalue weighted by Gasteiger charge is 2.44. The van der Waals surface area contributed by atoms with Gasteiger partial charge in [0, 0.05) is 45.0 Å². The minimum absolute atomic E-state index is 0.00331. The molecule has 0 aromatic carbocycles. The summed E-state index contributed by atoms with van der Waals surface area (Å²) in [6, 6.07) is 3.91. The molecule has 23 heavy (non-hydrogen) atoms. The van der Waals surface area contributed by atoms with E-state index in [1.54, 1.807) is 6.20 Å². The lowest BCUT2D eigenvalue weighted by atomic mass is 9.88. The molecule has 2 atom stereocenters. The fourth-order valence-electron chi connectivity index (χ4n) is 3.88. The summed E-state index contributed by atoms with van der Waals surface area (Å²) >= 11 is 0. The number of amides is 2. The van der Waals surface area contributed by atoms with Crippen molar-refractivity contribution in [3.05, 3.63) is 30.1 Å². The van der Waals surface area contributed by atoms with Crippen LogP contribution in [0.3, 0.4) is 0 Å². The van der Waals surface area contributed by atoms with Crippen LogP contribution in [0, 0.1) is 17.8 Å². The van der Waals surface area contributed by atoms with E-state index in [0.29, 0.717) is 31.3 Å². The molecule has 5 nitrogen and oxygen atoms in total. The van der Waals surface area contributed by atoms with Crippen LogP contribution in [0.1, 0.15) is 31.2 Å². The van der Waals surface area contributed by atoms with Gasteiger partial charge < -0.3 is 9.80 Å². The van der Waals surface area contributed by atoms with Crippen molar-refractivity contribution in [1.29, 1.82) is 0 Å². The summed E-state index contributed by atoms with van der Waals surface area (Å²) in [5.74, 6) is 1.45. The third-order valence-electron chi connectivity index (χ3n) is 5.45. The van der Waals surface area contributed by atoms with E-state index < -0.39 is 0 Å². The molecule has 1 aromatic rings. The topological polar surface area (TPSA) is 53.5 Å². The van der Waals surface area contributed by atoms with Crippen LogP contribution in [-0.4, -0.2) is 46.2 Å². The van der Waals surface area contributed by atoms with Crippen molar-refractivity contribution in [2.75, 3.05) is 19.6 Å². The summed E-state index contributed by atoms with van der Waals surface area (Å²) in [6.45, 7) is 2.83. The Morgan fingerprint density at radius 3 is 2.87 bits per heavy atom. The first kappa shape index (κ1) is 14.7. The zero-order chi connectivity index (χ0) is 15.8. The number of piperidine rings is 1.